The van der Waals surface area contributed by atoms with Gasteiger partial charge in [-0.3, -0.25) is 10.1 Å². The number of rotatable bonds is 10. The molecule has 6 heteroatoms. The average molecular weight is 282 g/mol. The second kappa shape index (κ2) is 9.28. The molecule has 0 bridgehead atoms. The zero-order chi connectivity index (χ0) is 14.8. The molecule has 0 fully saturated rings. The van der Waals surface area contributed by atoms with Gasteiger partial charge in [-0.05, 0) is 25.0 Å². The van der Waals surface area contributed by atoms with E-state index < -0.39 is 0 Å². The number of hydrogen-bond donors (Lipinski definition) is 1. The van der Waals surface area contributed by atoms with Crippen LogP contribution < -0.4 is 5.32 Å². The van der Waals surface area contributed by atoms with Crippen LogP contribution in [0.5, 0.6) is 0 Å². The van der Waals surface area contributed by atoms with Crippen molar-refractivity contribution in [2.24, 2.45) is 0 Å². The Kier molecular flexibility index (Phi) is 7.60. The van der Waals surface area contributed by atoms with Gasteiger partial charge in [-0.2, -0.15) is 0 Å². The van der Waals surface area contributed by atoms with Crippen molar-refractivity contribution in [1.82, 2.24) is 0 Å². The van der Waals surface area contributed by atoms with Crippen molar-refractivity contribution in [2.75, 3.05) is 31.7 Å². The van der Waals surface area contributed by atoms with Crippen LogP contribution in [0.15, 0.2) is 18.2 Å². The zero-order valence-electron chi connectivity index (χ0n) is 12.1. The molecule has 0 aromatic heterocycles. The number of hydrogen-bond acceptors (Lipinski definition) is 5. The molecular formula is C14H22N2O4. The monoisotopic (exact) mass is 282 g/mol. The van der Waals surface area contributed by atoms with E-state index in [0.29, 0.717) is 38.7 Å². The minimum atomic E-state index is -0.373. The molecule has 1 rings (SSSR count). The first-order chi connectivity index (χ1) is 9.69. The summed E-state index contributed by atoms with van der Waals surface area (Å²) in [6.45, 7) is 6.68. The van der Waals surface area contributed by atoms with Crippen molar-refractivity contribution in [3.8, 4) is 0 Å². The van der Waals surface area contributed by atoms with Gasteiger partial charge in [0.1, 0.15) is 5.69 Å². The van der Waals surface area contributed by atoms with Gasteiger partial charge < -0.3 is 14.8 Å². The van der Waals surface area contributed by atoms with Gasteiger partial charge >= 0.3 is 0 Å². The number of anilines is 1. The first-order valence-electron chi connectivity index (χ1n) is 6.85. The molecule has 0 saturated carbocycles. The van der Waals surface area contributed by atoms with E-state index in [1.807, 2.05) is 19.9 Å². The number of nitro benzene ring substituents is 1. The van der Waals surface area contributed by atoms with Gasteiger partial charge in [0.15, 0.2) is 0 Å². The Hall–Kier alpha value is -1.66. The number of nitro groups is 1. The molecule has 0 saturated heterocycles. The smallest absolute Gasteiger partial charge is 0.292 e. The molecule has 0 aliphatic rings. The summed E-state index contributed by atoms with van der Waals surface area (Å²) < 4.78 is 10.6. The third-order valence-corrected chi connectivity index (χ3v) is 2.67. The van der Waals surface area contributed by atoms with Gasteiger partial charge in [-0.15, -0.1) is 0 Å². The summed E-state index contributed by atoms with van der Waals surface area (Å²) in [6.07, 6.45) is 0.916. The third-order valence-electron chi connectivity index (χ3n) is 2.67. The molecule has 0 amide bonds. The normalized spacial score (nSPS) is 10.5. The lowest BCUT2D eigenvalue weighted by Gasteiger charge is -2.08. The molecule has 112 valence electrons. The predicted molar refractivity (Wildman–Crippen MR) is 78.0 cm³/mol. The fraction of sp³-hybridized carbons (Fsp3) is 0.571. The molecule has 6 nitrogen and oxygen atoms in total. The van der Waals surface area contributed by atoms with Crippen molar-refractivity contribution in [2.45, 2.75) is 26.9 Å². The van der Waals surface area contributed by atoms with Crippen LogP contribution >= 0.6 is 0 Å². The van der Waals surface area contributed by atoms with Crippen LogP contribution in [0.1, 0.15) is 25.8 Å². The Morgan fingerprint density at radius 2 is 2.00 bits per heavy atom. The SMILES string of the molecule is CCCNc1ccc(COCCOCC)cc1[N+](=O)[O-]. The average Bonchev–Trinajstić information content (AvgIpc) is 2.45. The molecular weight excluding hydrogens is 260 g/mol. The summed E-state index contributed by atoms with van der Waals surface area (Å²) in [5.74, 6) is 0. The van der Waals surface area contributed by atoms with Crippen LogP contribution in [0.3, 0.4) is 0 Å². The molecule has 0 spiro atoms. The highest BCUT2D eigenvalue weighted by Crippen LogP contribution is 2.25. The van der Waals surface area contributed by atoms with Gasteiger partial charge in [0.2, 0.25) is 0 Å². The van der Waals surface area contributed by atoms with Crippen molar-refractivity contribution >= 4 is 11.4 Å². The molecule has 1 aromatic carbocycles. The highest BCUT2D eigenvalue weighted by atomic mass is 16.6. The van der Waals surface area contributed by atoms with Crippen molar-refractivity contribution in [3.05, 3.63) is 33.9 Å². The summed E-state index contributed by atoms with van der Waals surface area (Å²) in [6, 6.07) is 5.12. The Morgan fingerprint density at radius 3 is 2.65 bits per heavy atom. The van der Waals surface area contributed by atoms with Crippen LogP contribution in [-0.2, 0) is 16.1 Å². The fourth-order valence-corrected chi connectivity index (χ4v) is 1.68. The molecule has 0 heterocycles. The van der Waals surface area contributed by atoms with E-state index in [1.54, 1.807) is 12.1 Å². The van der Waals surface area contributed by atoms with Crippen molar-refractivity contribution in [3.63, 3.8) is 0 Å². The minimum absolute atomic E-state index is 0.0874. The standard InChI is InChI=1S/C14H22N2O4/c1-3-7-15-13-6-5-12(10-14(13)16(17)18)11-20-9-8-19-4-2/h5-6,10,15H,3-4,7-9,11H2,1-2H3. The lowest BCUT2D eigenvalue weighted by molar-refractivity contribution is -0.384. The molecule has 1 N–H and O–H groups in total. The van der Waals surface area contributed by atoms with E-state index in [-0.39, 0.29) is 10.6 Å². The molecule has 20 heavy (non-hydrogen) atoms. The van der Waals surface area contributed by atoms with Gasteiger partial charge in [0.25, 0.3) is 5.69 Å². The first-order valence-corrected chi connectivity index (χ1v) is 6.85. The van der Waals surface area contributed by atoms with Crippen LogP contribution in [0.2, 0.25) is 0 Å². The highest BCUT2D eigenvalue weighted by Gasteiger charge is 2.14. The molecule has 1 aromatic rings. The van der Waals surface area contributed by atoms with E-state index in [9.17, 15) is 10.1 Å². The Morgan fingerprint density at radius 1 is 1.25 bits per heavy atom. The first kappa shape index (κ1) is 16.4. The Bertz CT molecular complexity index is 424. The summed E-state index contributed by atoms with van der Waals surface area (Å²) in [5, 5.41) is 14.1. The maximum atomic E-state index is 11.1. The molecule has 0 unspecified atom stereocenters. The van der Waals surface area contributed by atoms with Gasteiger partial charge in [0, 0.05) is 19.2 Å². The Labute approximate surface area is 119 Å². The number of benzene rings is 1. The predicted octanol–water partition coefficient (Wildman–Crippen LogP) is 2.97. The highest BCUT2D eigenvalue weighted by molar-refractivity contribution is 5.62. The second-order valence-corrected chi connectivity index (χ2v) is 4.28. The van der Waals surface area contributed by atoms with Crippen LogP contribution in [0.25, 0.3) is 0 Å². The van der Waals surface area contributed by atoms with Gasteiger partial charge in [0.05, 0.1) is 24.7 Å². The van der Waals surface area contributed by atoms with Crippen LogP contribution in [0.4, 0.5) is 11.4 Å². The molecule has 0 aliphatic carbocycles. The lowest BCUT2D eigenvalue weighted by Crippen LogP contribution is -2.06. The maximum absolute atomic E-state index is 11.1. The Balaban J connectivity index is 2.60. The lowest BCUT2D eigenvalue weighted by atomic mass is 10.2. The van der Waals surface area contributed by atoms with Gasteiger partial charge in [-0.1, -0.05) is 13.0 Å². The van der Waals surface area contributed by atoms with Crippen molar-refractivity contribution < 1.29 is 14.4 Å². The number of nitrogens with one attached hydrogen (secondary N) is 1. The topological polar surface area (TPSA) is 73.6 Å². The second-order valence-electron chi connectivity index (χ2n) is 4.28. The van der Waals surface area contributed by atoms with Crippen LogP contribution in [-0.4, -0.2) is 31.3 Å². The van der Waals surface area contributed by atoms with E-state index in [4.69, 9.17) is 9.47 Å². The van der Waals surface area contributed by atoms with E-state index in [1.165, 1.54) is 0 Å². The number of nitrogens with zero attached hydrogens (tertiary/aromatic N) is 1. The van der Waals surface area contributed by atoms with Crippen molar-refractivity contribution in [1.29, 1.82) is 0 Å². The van der Waals surface area contributed by atoms with E-state index in [2.05, 4.69) is 5.32 Å². The summed E-state index contributed by atoms with van der Waals surface area (Å²) >= 11 is 0. The summed E-state index contributed by atoms with van der Waals surface area (Å²) in [4.78, 5) is 10.7. The largest absolute Gasteiger partial charge is 0.380 e. The maximum Gasteiger partial charge on any atom is 0.292 e. The summed E-state index contributed by atoms with van der Waals surface area (Å²) in [7, 11) is 0. The number of ether oxygens (including phenoxy) is 2. The van der Waals surface area contributed by atoms with Gasteiger partial charge in [-0.25, -0.2) is 0 Å². The molecule has 0 radical (unpaired) electrons. The quantitative estimate of drug-likeness (QED) is 0.406. The minimum Gasteiger partial charge on any atom is -0.380 e. The molecule has 0 atom stereocenters. The van der Waals surface area contributed by atoms with E-state index >= 15 is 0 Å². The fourth-order valence-electron chi connectivity index (χ4n) is 1.68. The summed E-state index contributed by atoms with van der Waals surface area (Å²) in [5.41, 5.74) is 1.43. The van der Waals surface area contributed by atoms with Crippen LogP contribution in [0, 0.1) is 10.1 Å². The third kappa shape index (κ3) is 5.54. The van der Waals surface area contributed by atoms with E-state index in [0.717, 1.165) is 12.0 Å². The zero-order valence-corrected chi connectivity index (χ0v) is 12.1. The molecule has 0 aliphatic heterocycles.